The van der Waals surface area contributed by atoms with Gasteiger partial charge in [0.25, 0.3) is 0 Å². The Bertz CT molecular complexity index is 179. The van der Waals surface area contributed by atoms with E-state index in [0.717, 1.165) is 38.6 Å². The Balaban J connectivity index is 2.16. The highest BCUT2D eigenvalue weighted by atomic mass is 16.3. The number of nitrogens with one attached hydrogen (secondary N) is 1. The number of hydrogen-bond acceptors (Lipinski definition) is 4. The molecule has 0 aromatic heterocycles. The van der Waals surface area contributed by atoms with Gasteiger partial charge in [0.2, 0.25) is 0 Å². The van der Waals surface area contributed by atoms with E-state index in [9.17, 15) is 5.11 Å². The van der Waals surface area contributed by atoms with Gasteiger partial charge in [0.1, 0.15) is 0 Å². The van der Waals surface area contributed by atoms with E-state index in [-0.39, 0.29) is 6.10 Å². The molecule has 0 radical (unpaired) electrons. The van der Waals surface area contributed by atoms with Crippen molar-refractivity contribution in [2.45, 2.75) is 20.0 Å². The molecule has 1 rings (SSSR count). The van der Waals surface area contributed by atoms with Crippen LogP contribution in [0.15, 0.2) is 0 Å². The minimum absolute atomic E-state index is 0.235. The standard InChI is InChI=1S/C12H27N3O/c1-11(2)9-14-4-6-15(7-5-14)10-12(16)8-13-3/h11-13,16H,4-10H2,1-3H3. The molecular weight excluding hydrogens is 202 g/mol. The molecule has 0 saturated carbocycles. The van der Waals surface area contributed by atoms with Crippen LogP contribution in [0.4, 0.5) is 0 Å². The lowest BCUT2D eigenvalue weighted by Gasteiger charge is -2.36. The largest absolute Gasteiger partial charge is 0.390 e. The van der Waals surface area contributed by atoms with Gasteiger partial charge in [-0.05, 0) is 13.0 Å². The van der Waals surface area contributed by atoms with Gasteiger partial charge in [-0.25, -0.2) is 0 Å². The highest BCUT2D eigenvalue weighted by Crippen LogP contribution is 2.05. The van der Waals surface area contributed by atoms with Gasteiger partial charge in [-0.1, -0.05) is 13.8 Å². The van der Waals surface area contributed by atoms with Crippen LogP contribution in [0.2, 0.25) is 0 Å². The van der Waals surface area contributed by atoms with Crippen molar-refractivity contribution in [2.24, 2.45) is 5.92 Å². The minimum atomic E-state index is -0.235. The molecule has 0 bridgehead atoms. The maximum absolute atomic E-state index is 9.69. The molecule has 4 heteroatoms. The predicted octanol–water partition coefficient (Wildman–Crippen LogP) is -0.160. The Morgan fingerprint density at radius 2 is 1.56 bits per heavy atom. The lowest BCUT2D eigenvalue weighted by Crippen LogP contribution is -2.50. The van der Waals surface area contributed by atoms with Crippen molar-refractivity contribution in [1.82, 2.24) is 15.1 Å². The van der Waals surface area contributed by atoms with Crippen LogP contribution in [0.3, 0.4) is 0 Å². The molecule has 4 nitrogen and oxygen atoms in total. The van der Waals surface area contributed by atoms with Crippen molar-refractivity contribution in [3.05, 3.63) is 0 Å². The van der Waals surface area contributed by atoms with Gasteiger partial charge in [-0.2, -0.15) is 0 Å². The Morgan fingerprint density at radius 1 is 1.06 bits per heavy atom. The average molecular weight is 229 g/mol. The zero-order chi connectivity index (χ0) is 12.0. The van der Waals surface area contributed by atoms with Crippen LogP contribution in [-0.4, -0.2) is 73.9 Å². The summed E-state index contributed by atoms with van der Waals surface area (Å²) < 4.78 is 0. The number of β-amino-alcohol motifs (C(OH)–C–C–N with tert-alkyl or cyclic N) is 1. The second kappa shape index (κ2) is 7.22. The van der Waals surface area contributed by atoms with Gasteiger partial charge in [0, 0.05) is 45.8 Å². The second-order valence-corrected chi connectivity index (χ2v) is 5.21. The van der Waals surface area contributed by atoms with Gasteiger partial charge in [0.05, 0.1) is 6.10 Å². The van der Waals surface area contributed by atoms with Crippen molar-refractivity contribution >= 4 is 0 Å². The summed E-state index contributed by atoms with van der Waals surface area (Å²) in [6, 6.07) is 0. The summed E-state index contributed by atoms with van der Waals surface area (Å²) >= 11 is 0. The SMILES string of the molecule is CNCC(O)CN1CCN(CC(C)C)CC1. The van der Waals surface area contributed by atoms with E-state index < -0.39 is 0 Å². The first-order chi connectivity index (χ1) is 7.61. The summed E-state index contributed by atoms with van der Waals surface area (Å²) in [4.78, 5) is 4.88. The van der Waals surface area contributed by atoms with E-state index in [2.05, 4.69) is 29.0 Å². The first kappa shape index (κ1) is 13.9. The van der Waals surface area contributed by atoms with E-state index in [1.165, 1.54) is 6.54 Å². The predicted molar refractivity (Wildman–Crippen MR) is 67.7 cm³/mol. The van der Waals surface area contributed by atoms with Crippen LogP contribution in [-0.2, 0) is 0 Å². The van der Waals surface area contributed by atoms with Gasteiger partial charge >= 0.3 is 0 Å². The lowest BCUT2D eigenvalue weighted by atomic mass is 10.2. The number of aliphatic hydroxyl groups excluding tert-OH is 1. The van der Waals surface area contributed by atoms with E-state index in [1.54, 1.807) is 0 Å². The fraction of sp³-hybridized carbons (Fsp3) is 1.00. The Hall–Kier alpha value is -0.160. The normalized spacial score (nSPS) is 21.6. The van der Waals surface area contributed by atoms with Crippen molar-refractivity contribution < 1.29 is 5.11 Å². The monoisotopic (exact) mass is 229 g/mol. The fourth-order valence-corrected chi connectivity index (χ4v) is 2.27. The van der Waals surface area contributed by atoms with Gasteiger partial charge in [0.15, 0.2) is 0 Å². The molecule has 0 aromatic rings. The van der Waals surface area contributed by atoms with Gasteiger partial charge < -0.3 is 15.3 Å². The van der Waals surface area contributed by atoms with Crippen LogP contribution in [0.25, 0.3) is 0 Å². The quantitative estimate of drug-likeness (QED) is 0.664. The fourth-order valence-electron chi connectivity index (χ4n) is 2.27. The number of aliphatic hydroxyl groups is 1. The highest BCUT2D eigenvalue weighted by molar-refractivity contribution is 4.75. The summed E-state index contributed by atoms with van der Waals surface area (Å²) in [5.41, 5.74) is 0. The van der Waals surface area contributed by atoms with Crippen LogP contribution in [0, 0.1) is 5.92 Å². The number of rotatable bonds is 6. The van der Waals surface area contributed by atoms with Crippen molar-refractivity contribution in [1.29, 1.82) is 0 Å². The Labute approximate surface area is 99.6 Å². The number of likely N-dealkylation sites (N-methyl/N-ethyl adjacent to an activating group) is 1. The molecule has 0 aromatic carbocycles. The molecule has 1 heterocycles. The summed E-state index contributed by atoms with van der Waals surface area (Å²) in [6.45, 7) is 11.7. The third-order valence-corrected chi connectivity index (χ3v) is 3.00. The molecule has 2 N–H and O–H groups in total. The molecule has 1 fully saturated rings. The molecule has 1 aliphatic rings. The van der Waals surface area contributed by atoms with E-state index in [0.29, 0.717) is 6.54 Å². The first-order valence-electron chi connectivity index (χ1n) is 6.39. The molecule has 1 aliphatic heterocycles. The van der Waals surface area contributed by atoms with Crippen LogP contribution in [0.1, 0.15) is 13.8 Å². The summed E-state index contributed by atoms with van der Waals surface area (Å²) in [6.07, 6.45) is -0.235. The van der Waals surface area contributed by atoms with E-state index in [4.69, 9.17) is 0 Å². The first-order valence-corrected chi connectivity index (χ1v) is 6.39. The second-order valence-electron chi connectivity index (χ2n) is 5.21. The van der Waals surface area contributed by atoms with Crippen molar-refractivity contribution in [3.63, 3.8) is 0 Å². The van der Waals surface area contributed by atoms with E-state index >= 15 is 0 Å². The topological polar surface area (TPSA) is 38.7 Å². The van der Waals surface area contributed by atoms with Gasteiger partial charge in [-0.15, -0.1) is 0 Å². The summed E-state index contributed by atoms with van der Waals surface area (Å²) in [7, 11) is 1.88. The molecule has 0 amide bonds. The molecule has 1 saturated heterocycles. The lowest BCUT2D eigenvalue weighted by molar-refractivity contribution is 0.0696. The van der Waals surface area contributed by atoms with Crippen LogP contribution < -0.4 is 5.32 Å². The van der Waals surface area contributed by atoms with Gasteiger partial charge in [-0.3, -0.25) is 4.90 Å². The maximum Gasteiger partial charge on any atom is 0.0791 e. The van der Waals surface area contributed by atoms with Crippen LogP contribution >= 0.6 is 0 Å². The molecular formula is C12H27N3O. The molecule has 0 aliphatic carbocycles. The zero-order valence-electron chi connectivity index (χ0n) is 10.9. The number of piperazine rings is 1. The molecule has 16 heavy (non-hydrogen) atoms. The highest BCUT2D eigenvalue weighted by Gasteiger charge is 2.19. The number of nitrogens with zero attached hydrogens (tertiary/aromatic N) is 2. The summed E-state index contributed by atoms with van der Waals surface area (Å²) in [5, 5.41) is 12.7. The molecule has 1 atom stereocenters. The number of hydrogen-bond donors (Lipinski definition) is 2. The van der Waals surface area contributed by atoms with Crippen molar-refractivity contribution in [2.75, 3.05) is 52.9 Å². The summed E-state index contributed by atoms with van der Waals surface area (Å²) in [5.74, 6) is 0.751. The molecule has 96 valence electrons. The molecule has 1 unspecified atom stereocenters. The maximum atomic E-state index is 9.69. The Morgan fingerprint density at radius 3 is 2.00 bits per heavy atom. The smallest absolute Gasteiger partial charge is 0.0791 e. The Kier molecular flexibility index (Phi) is 6.28. The van der Waals surface area contributed by atoms with E-state index in [1.807, 2.05) is 7.05 Å². The average Bonchev–Trinajstić information content (AvgIpc) is 2.20. The third kappa shape index (κ3) is 5.25. The third-order valence-electron chi connectivity index (χ3n) is 3.00. The zero-order valence-corrected chi connectivity index (χ0v) is 10.9. The minimum Gasteiger partial charge on any atom is -0.390 e. The van der Waals surface area contributed by atoms with Crippen LogP contribution in [0.5, 0.6) is 0 Å². The van der Waals surface area contributed by atoms with Crippen molar-refractivity contribution in [3.8, 4) is 0 Å². The molecule has 0 spiro atoms.